The first-order valence-electron chi connectivity index (χ1n) is 6.14. The number of hydrogen-bond donors (Lipinski definition) is 1. The van der Waals surface area contributed by atoms with E-state index in [1.54, 1.807) is 0 Å². The van der Waals surface area contributed by atoms with Crippen molar-refractivity contribution < 1.29 is 4.74 Å². The van der Waals surface area contributed by atoms with Crippen molar-refractivity contribution in [2.75, 3.05) is 13.7 Å². The molecule has 1 N–H and O–H groups in total. The molecule has 0 aliphatic heterocycles. The first kappa shape index (κ1) is 12.6. The smallest absolute Gasteiger partial charge is 0.119 e. The molecule has 4 nitrogen and oxygen atoms in total. The van der Waals surface area contributed by atoms with Crippen molar-refractivity contribution in [2.24, 2.45) is 7.05 Å². The Morgan fingerprint density at radius 3 is 2.50 bits per heavy atom. The van der Waals surface area contributed by atoms with E-state index in [2.05, 4.69) is 22.5 Å². The van der Waals surface area contributed by atoms with Crippen molar-refractivity contribution in [1.82, 2.24) is 15.1 Å². The lowest BCUT2D eigenvalue weighted by molar-refractivity contribution is 0.340. The lowest BCUT2D eigenvalue weighted by Crippen LogP contribution is -2.20. The predicted molar refractivity (Wildman–Crippen MR) is 71.7 cm³/mol. The van der Waals surface area contributed by atoms with Crippen molar-refractivity contribution in [3.8, 4) is 5.75 Å². The molecule has 0 radical (unpaired) electrons. The van der Waals surface area contributed by atoms with E-state index in [9.17, 15) is 0 Å². The molecule has 0 spiro atoms. The molecule has 1 heterocycles. The first-order valence-corrected chi connectivity index (χ1v) is 6.14. The van der Waals surface area contributed by atoms with Gasteiger partial charge in [0.2, 0.25) is 0 Å². The van der Waals surface area contributed by atoms with Crippen LogP contribution < -0.4 is 10.1 Å². The summed E-state index contributed by atoms with van der Waals surface area (Å²) in [4.78, 5) is 0. The molecular formula is C14H19N3O. The van der Waals surface area contributed by atoms with Gasteiger partial charge in [-0.3, -0.25) is 4.68 Å². The van der Waals surface area contributed by atoms with Crippen molar-refractivity contribution in [3.63, 3.8) is 0 Å². The summed E-state index contributed by atoms with van der Waals surface area (Å²) in [6, 6.07) is 10.3. The van der Waals surface area contributed by atoms with Gasteiger partial charge in [-0.2, -0.15) is 5.10 Å². The minimum absolute atomic E-state index is 0.146. The number of nitrogens with zero attached hydrogens (tertiary/aromatic N) is 2. The number of ether oxygens (including phenoxy) is 1. The summed E-state index contributed by atoms with van der Waals surface area (Å²) >= 11 is 0. The summed E-state index contributed by atoms with van der Waals surface area (Å²) in [7, 11) is 3.91. The molecule has 0 bridgehead atoms. The molecule has 4 heteroatoms. The molecule has 2 aromatic rings. The van der Waals surface area contributed by atoms with Gasteiger partial charge < -0.3 is 10.1 Å². The standard InChI is InChI=1S/C14H19N3O/c1-4-18-12-7-5-11(6-8-12)14(15-2)13-9-10-16-17(13)3/h5-10,14-15H,4H2,1-3H3. The minimum Gasteiger partial charge on any atom is -0.494 e. The van der Waals surface area contributed by atoms with Gasteiger partial charge in [-0.05, 0) is 37.7 Å². The monoisotopic (exact) mass is 245 g/mol. The zero-order valence-corrected chi connectivity index (χ0v) is 11.1. The maximum atomic E-state index is 5.45. The largest absolute Gasteiger partial charge is 0.494 e. The molecule has 0 saturated heterocycles. The van der Waals surface area contributed by atoms with Gasteiger partial charge in [0.1, 0.15) is 5.75 Å². The summed E-state index contributed by atoms with van der Waals surface area (Å²) < 4.78 is 7.34. The Bertz CT molecular complexity index is 490. The fourth-order valence-corrected chi connectivity index (χ4v) is 2.08. The fraction of sp³-hybridized carbons (Fsp3) is 0.357. The second-order valence-corrected chi connectivity index (χ2v) is 4.10. The highest BCUT2D eigenvalue weighted by Gasteiger charge is 2.14. The summed E-state index contributed by atoms with van der Waals surface area (Å²) in [6.07, 6.45) is 1.81. The molecule has 0 saturated carbocycles. The van der Waals surface area contributed by atoms with Gasteiger partial charge in [-0.15, -0.1) is 0 Å². The van der Waals surface area contributed by atoms with Crippen LogP contribution >= 0.6 is 0 Å². The number of nitrogens with one attached hydrogen (secondary N) is 1. The second-order valence-electron chi connectivity index (χ2n) is 4.10. The molecule has 1 aromatic heterocycles. The molecule has 0 aliphatic carbocycles. The van der Waals surface area contributed by atoms with Crippen LogP contribution in [-0.2, 0) is 7.05 Å². The molecular weight excluding hydrogens is 226 g/mol. The van der Waals surface area contributed by atoms with E-state index in [0.717, 1.165) is 11.4 Å². The van der Waals surface area contributed by atoms with E-state index in [0.29, 0.717) is 6.61 Å². The van der Waals surface area contributed by atoms with Gasteiger partial charge in [-0.1, -0.05) is 12.1 Å². The lowest BCUT2D eigenvalue weighted by Gasteiger charge is -2.17. The van der Waals surface area contributed by atoms with Gasteiger partial charge >= 0.3 is 0 Å². The van der Waals surface area contributed by atoms with E-state index in [1.807, 2.05) is 50.1 Å². The van der Waals surface area contributed by atoms with Crippen LogP contribution in [-0.4, -0.2) is 23.4 Å². The van der Waals surface area contributed by atoms with Gasteiger partial charge in [-0.25, -0.2) is 0 Å². The maximum absolute atomic E-state index is 5.45. The second kappa shape index (κ2) is 5.69. The third-order valence-corrected chi connectivity index (χ3v) is 2.97. The number of aromatic nitrogens is 2. The fourth-order valence-electron chi connectivity index (χ4n) is 2.08. The zero-order chi connectivity index (χ0) is 13.0. The van der Waals surface area contributed by atoms with Crippen LogP contribution in [0.4, 0.5) is 0 Å². The van der Waals surface area contributed by atoms with Gasteiger partial charge in [0.25, 0.3) is 0 Å². The van der Waals surface area contributed by atoms with Crippen LogP contribution in [0.15, 0.2) is 36.5 Å². The van der Waals surface area contributed by atoms with Crippen LogP contribution in [0.2, 0.25) is 0 Å². The molecule has 1 unspecified atom stereocenters. The summed E-state index contributed by atoms with van der Waals surface area (Å²) in [5.74, 6) is 0.904. The van der Waals surface area contributed by atoms with Crippen molar-refractivity contribution in [2.45, 2.75) is 13.0 Å². The highest BCUT2D eigenvalue weighted by molar-refractivity contribution is 5.33. The van der Waals surface area contributed by atoms with Crippen LogP contribution in [0.1, 0.15) is 24.2 Å². The van der Waals surface area contributed by atoms with Crippen LogP contribution in [0, 0.1) is 0 Å². The topological polar surface area (TPSA) is 39.1 Å². The molecule has 1 aromatic carbocycles. The van der Waals surface area contributed by atoms with Crippen LogP contribution in [0.5, 0.6) is 5.75 Å². The SMILES string of the molecule is CCOc1ccc(C(NC)c2ccnn2C)cc1. The number of rotatable bonds is 5. The highest BCUT2D eigenvalue weighted by Crippen LogP contribution is 2.23. The Kier molecular flexibility index (Phi) is 3.99. The van der Waals surface area contributed by atoms with E-state index >= 15 is 0 Å². The van der Waals surface area contributed by atoms with E-state index in [-0.39, 0.29) is 6.04 Å². The van der Waals surface area contributed by atoms with Crippen LogP contribution in [0.25, 0.3) is 0 Å². The molecule has 18 heavy (non-hydrogen) atoms. The highest BCUT2D eigenvalue weighted by atomic mass is 16.5. The van der Waals surface area contributed by atoms with Gasteiger partial charge in [0.15, 0.2) is 0 Å². The third kappa shape index (κ3) is 2.54. The maximum Gasteiger partial charge on any atom is 0.119 e. The van der Waals surface area contributed by atoms with E-state index in [1.165, 1.54) is 5.56 Å². The van der Waals surface area contributed by atoms with E-state index in [4.69, 9.17) is 4.74 Å². The first-order chi connectivity index (χ1) is 8.76. The zero-order valence-electron chi connectivity index (χ0n) is 11.1. The summed E-state index contributed by atoms with van der Waals surface area (Å²) in [5, 5.41) is 7.52. The number of aryl methyl sites for hydroxylation is 1. The average Bonchev–Trinajstić information content (AvgIpc) is 2.79. The molecule has 0 amide bonds. The van der Waals surface area contributed by atoms with Crippen molar-refractivity contribution in [1.29, 1.82) is 0 Å². The van der Waals surface area contributed by atoms with Crippen molar-refractivity contribution in [3.05, 3.63) is 47.8 Å². The van der Waals surface area contributed by atoms with Gasteiger partial charge in [0, 0.05) is 13.2 Å². The Morgan fingerprint density at radius 2 is 2.00 bits per heavy atom. The Morgan fingerprint density at radius 1 is 1.28 bits per heavy atom. The normalized spacial score (nSPS) is 12.4. The lowest BCUT2D eigenvalue weighted by atomic mass is 10.0. The number of benzene rings is 1. The number of hydrogen-bond acceptors (Lipinski definition) is 3. The molecule has 0 fully saturated rings. The molecule has 1 atom stereocenters. The third-order valence-electron chi connectivity index (χ3n) is 2.97. The predicted octanol–water partition coefficient (Wildman–Crippen LogP) is 2.13. The summed E-state index contributed by atoms with van der Waals surface area (Å²) in [5.41, 5.74) is 2.34. The Balaban J connectivity index is 2.25. The molecule has 2 rings (SSSR count). The molecule has 96 valence electrons. The average molecular weight is 245 g/mol. The quantitative estimate of drug-likeness (QED) is 0.877. The summed E-state index contributed by atoms with van der Waals surface area (Å²) in [6.45, 7) is 2.68. The molecule has 0 aliphatic rings. The van der Waals surface area contributed by atoms with Crippen molar-refractivity contribution >= 4 is 0 Å². The van der Waals surface area contributed by atoms with Crippen LogP contribution in [0.3, 0.4) is 0 Å². The minimum atomic E-state index is 0.146. The Labute approximate surface area is 108 Å². The van der Waals surface area contributed by atoms with Gasteiger partial charge in [0.05, 0.1) is 18.3 Å². The Hall–Kier alpha value is -1.81. The van der Waals surface area contributed by atoms with E-state index < -0.39 is 0 Å².